The summed E-state index contributed by atoms with van der Waals surface area (Å²) < 4.78 is 70.8. The van der Waals surface area contributed by atoms with Gasteiger partial charge in [-0.25, -0.2) is 26.6 Å². The first-order chi connectivity index (χ1) is 18.7. The van der Waals surface area contributed by atoms with E-state index in [1.165, 1.54) is 29.9 Å². The van der Waals surface area contributed by atoms with Crippen molar-refractivity contribution in [2.75, 3.05) is 11.0 Å². The average molecular weight is 611 g/mol. The minimum absolute atomic E-state index is 0.0400. The summed E-state index contributed by atoms with van der Waals surface area (Å²) in [6.07, 6.45) is 0.802. The highest BCUT2D eigenvalue weighted by Crippen LogP contribution is 2.35. The van der Waals surface area contributed by atoms with Gasteiger partial charge in [-0.1, -0.05) is 23.2 Å². The van der Waals surface area contributed by atoms with E-state index in [1.54, 1.807) is 0 Å². The van der Waals surface area contributed by atoms with E-state index in [-0.39, 0.29) is 56.1 Å². The van der Waals surface area contributed by atoms with Crippen LogP contribution >= 0.6 is 23.2 Å². The number of benzene rings is 3. The van der Waals surface area contributed by atoms with E-state index in [9.17, 15) is 26.4 Å². The summed E-state index contributed by atoms with van der Waals surface area (Å²) in [7, 11) is -2.27. The van der Waals surface area contributed by atoms with Crippen LogP contribution in [0.1, 0.15) is 17.4 Å². The van der Waals surface area contributed by atoms with Gasteiger partial charge in [0.25, 0.3) is 5.56 Å². The zero-order valence-electron chi connectivity index (χ0n) is 20.7. The van der Waals surface area contributed by atoms with Crippen LogP contribution in [-0.2, 0) is 23.5 Å². The smallest absolute Gasteiger partial charge is 0.267 e. The molecule has 5 aromatic rings. The lowest BCUT2D eigenvalue weighted by Gasteiger charge is -2.20. The normalized spacial score (nSPS) is 12.8. The van der Waals surface area contributed by atoms with E-state index in [0.29, 0.717) is 6.07 Å². The topological polar surface area (TPSA) is 125 Å². The molecule has 0 bridgehead atoms. The van der Waals surface area contributed by atoms with Crippen molar-refractivity contribution in [3.8, 4) is 5.69 Å². The first kappa shape index (κ1) is 27.9. The van der Waals surface area contributed by atoms with Gasteiger partial charge in [0.2, 0.25) is 10.0 Å². The fraction of sp³-hybridized carbons (Fsp3) is 0.160. The zero-order chi connectivity index (χ0) is 29.1. The molecule has 2 heterocycles. The van der Waals surface area contributed by atoms with Gasteiger partial charge in [0.1, 0.15) is 23.3 Å². The molecule has 0 aliphatic heterocycles. The van der Waals surface area contributed by atoms with Gasteiger partial charge in [0, 0.05) is 13.1 Å². The number of nitrogens with zero attached hydrogens (tertiary/aromatic N) is 4. The average Bonchev–Trinajstić information content (AvgIpc) is 3.16. The molecule has 0 fully saturated rings. The van der Waals surface area contributed by atoms with Crippen molar-refractivity contribution >= 4 is 60.8 Å². The molecule has 3 N–H and O–H groups in total. The summed E-state index contributed by atoms with van der Waals surface area (Å²) >= 11 is 12.6. The van der Waals surface area contributed by atoms with Crippen molar-refractivity contribution in [2.45, 2.75) is 12.5 Å². The summed E-state index contributed by atoms with van der Waals surface area (Å²) in [6, 6.07) is 6.98. The van der Waals surface area contributed by atoms with Crippen LogP contribution in [0.4, 0.5) is 19.0 Å². The number of aromatic nitrogens is 4. The van der Waals surface area contributed by atoms with Crippen molar-refractivity contribution in [3.63, 3.8) is 0 Å². The van der Waals surface area contributed by atoms with E-state index in [2.05, 4.69) is 14.8 Å². The van der Waals surface area contributed by atoms with E-state index in [1.807, 2.05) is 0 Å². The highest BCUT2D eigenvalue weighted by atomic mass is 35.5. The largest absolute Gasteiger partial charge is 0.321 e. The van der Waals surface area contributed by atoms with Crippen molar-refractivity contribution in [3.05, 3.63) is 91.7 Å². The van der Waals surface area contributed by atoms with Gasteiger partial charge in [-0.3, -0.25) is 18.8 Å². The molecule has 9 nitrogen and oxygen atoms in total. The van der Waals surface area contributed by atoms with Crippen LogP contribution in [0.25, 0.3) is 27.5 Å². The van der Waals surface area contributed by atoms with Crippen LogP contribution in [0.3, 0.4) is 0 Å². The Morgan fingerprint density at radius 2 is 1.73 bits per heavy atom. The van der Waals surface area contributed by atoms with Gasteiger partial charge in [0.05, 0.1) is 49.8 Å². The number of halogens is 5. The molecule has 2 aromatic heterocycles. The molecule has 0 aliphatic rings. The molecule has 40 heavy (non-hydrogen) atoms. The number of sulfonamides is 1. The summed E-state index contributed by atoms with van der Waals surface area (Å²) in [5.74, 6) is -2.62. The molecule has 1 atom stereocenters. The maximum Gasteiger partial charge on any atom is 0.267 e. The van der Waals surface area contributed by atoms with E-state index >= 15 is 0 Å². The Morgan fingerprint density at radius 3 is 2.38 bits per heavy atom. The molecule has 0 saturated heterocycles. The molecule has 0 amide bonds. The van der Waals surface area contributed by atoms with Gasteiger partial charge >= 0.3 is 0 Å². The van der Waals surface area contributed by atoms with Crippen LogP contribution in [-0.4, -0.2) is 34.0 Å². The molecular weight excluding hydrogens is 592 g/mol. The third kappa shape index (κ3) is 5.01. The standard InChI is InChI=1S/C25H19Cl2F3N6O3S/c1-35-22-18(6-3-14(26)19(22)23(33-35)34-40(2,38)39)36-24(16(31)9-11-7-12(28)10-13(29)8-11)32-17-5-4-15(30)21(27)20(17)25(36)37/h3-8,10,16H,9,31H2,1-2H3,(H,33,34)/t16-/m0/s1. The third-order valence-corrected chi connectivity index (χ3v) is 7.35. The Bertz CT molecular complexity index is 1990. The highest BCUT2D eigenvalue weighted by Gasteiger charge is 2.26. The van der Waals surface area contributed by atoms with E-state index in [0.717, 1.165) is 29.0 Å². The lowest BCUT2D eigenvalue weighted by atomic mass is 10.0. The third-order valence-electron chi connectivity index (χ3n) is 6.10. The molecular formula is C25H19Cl2F3N6O3S. The Kier molecular flexibility index (Phi) is 7.03. The van der Waals surface area contributed by atoms with Crippen molar-refractivity contribution in [1.29, 1.82) is 0 Å². The summed E-state index contributed by atoms with van der Waals surface area (Å²) in [5.41, 5.74) is 6.24. The Hall–Kier alpha value is -3.65. The number of aryl methyl sites for hydroxylation is 1. The van der Waals surface area contributed by atoms with Crippen LogP contribution < -0.4 is 16.0 Å². The maximum atomic E-state index is 14.4. The van der Waals surface area contributed by atoms with Gasteiger partial charge in [-0.05, 0) is 48.4 Å². The number of anilines is 1. The zero-order valence-corrected chi connectivity index (χ0v) is 23.0. The predicted octanol–water partition coefficient (Wildman–Crippen LogP) is 4.61. The van der Waals surface area contributed by atoms with Crippen LogP contribution in [0.2, 0.25) is 10.0 Å². The monoisotopic (exact) mass is 610 g/mol. The predicted molar refractivity (Wildman–Crippen MR) is 147 cm³/mol. The Morgan fingerprint density at radius 1 is 1.05 bits per heavy atom. The van der Waals surface area contributed by atoms with E-state index in [4.69, 9.17) is 28.9 Å². The van der Waals surface area contributed by atoms with Crippen molar-refractivity contribution in [2.24, 2.45) is 12.8 Å². The molecule has 0 spiro atoms. The number of nitrogens with one attached hydrogen (secondary N) is 1. The number of rotatable bonds is 6. The fourth-order valence-electron chi connectivity index (χ4n) is 4.57. The summed E-state index contributed by atoms with van der Waals surface area (Å²) in [5, 5.41) is 3.78. The Balaban J connectivity index is 1.84. The SMILES string of the molecule is Cn1nc(NS(C)(=O)=O)c2c(Cl)ccc(-n3c([C@@H](N)Cc4cc(F)cc(F)c4)nc4ccc(F)c(Cl)c4c3=O)c21. The number of nitrogens with two attached hydrogens (primary N) is 1. The number of hydrogen-bond acceptors (Lipinski definition) is 6. The molecule has 0 saturated carbocycles. The first-order valence-corrected chi connectivity index (χ1v) is 14.1. The first-order valence-electron chi connectivity index (χ1n) is 11.5. The van der Waals surface area contributed by atoms with Crippen LogP contribution in [0.5, 0.6) is 0 Å². The highest BCUT2D eigenvalue weighted by molar-refractivity contribution is 7.92. The van der Waals surface area contributed by atoms with Gasteiger partial charge in [-0.15, -0.1) is 0 Å². The fourth-order valence-corrected chi connectivity index (χ4v) is 5.54. The molecule has 5 rings (SSSR count). The quantitative estimate of drug-likeness (QED) is 0.289. The second kappa shape index (κ2) is 10.1. The molecule has 3 aromatic carbocycles. The number of hydrogen-bond donors (Lipinski definition) is 2. The van der Waals surface area contributed by atoms with Gasteiger partial charge in [0.15, 0.2) is 5.82 Å². The maximum absolute atomic E-state index is 14.4. The molecule has 0 aliphatic carbocycles. The molecule has 0 radical (unpaired) electrons. The summed E-state index contributed by atoms with van der Waals surface area (Å²) in [4.78, 5) is 18.5. The Labute approximate surface area is 235 Å². The minimum Gasteiger partial charge on any atom is -0.321 e. The molecule has 208 valence electrons. The lowest BCUT2D eigenvalue weighted by molar-refractivity contribution is 0.572. The van der Waals surface area contributed by atoms with Crippen molar-refractivity contribution < 1.29 is 21.6 Å². The second-order valence-electron chi connectivity index (χ2n) is 9.09. The lowest BCUT2D eigenvalue weighted by Crippen LogP contribution is -2.30. The van der Waals surface area contributed by atoms with Crippen molar-refractivity contribution in [1.82, 2.24) is 19.3 Å². The van der Waals surface area contributed by atoms with Gasteiger partial charge < -0.3 is 5.73 Å². The minimum atomic E-state index is -3.77. The van der Waals surface area contributed by atoms with Crippen LogP contribution in [0, 0.1) is 17.5 Å². The summed E-state index contributed by atoms with van der Waals surface area (Å²) in [6.45, 7) is 0. The van der Waals surface area contributed by atoms with E-state index < -0.39 is 44.1 Å². The van der Waals surface area contributed by atoms with Gasteiger partial charge in [-0.2, -0.15) is 5.10 Å². The second-order valence-corrected chi connectivity index (χ2v) is 11.6. The number of fused-ring (bicyclic) bond motifs is 2. The molecule has 15 heteroatoms. The molecule has 0 unspecified atom stereocenters. The van der Waals surface area contributed by atoms with Crippen LogP contribution in [0.15, 0.2) is 47.3 Å².